The van der Waals surface area contributed by atoms with Gasteiger partial charge in [-0.25, -0.2) is 0 Å². The van der Waals surface area contributed by atoms with Crippen LogP contribution in [0.25, 0.3) is 11.1 Å². The molecular formula is C17H16F3N. The van der Waals surface area contributed by atoms with Crippen LogP contribution in [0.5, 0.6) is 0 Å². The van der Waals surface area contributed by atoms with E-state index in [4.69, 9.17) is 0 Å². The molecule has 0 bridgehead atoms. The average Bonchev–Trinajstić information content (AvgIpc) is 3.01. The summed E-state index contributed by atoms with van der Waals surface area (Å²) in [7, 11) is 0. The Morgan fingerprint density at radius 1 is 0.857 bits per heavy atom. The Kier molecular flexibility index (Phi) is 3.72. The van der Waals surface area contributed by atoms with Crippen LogP contribution in [0.3, 0.4) is 0 Å². The summed E-state index contributed by atoms with van der Waals surface area (Å²) in [5.74, 6) is 0. The van der Waals surface area contributed by atoms with E-state index in [1.165, 1.54) is 24.1 Å². The van der Waals surface area contributed by atoms with Crippen LogP contribution in [0.15, 0.2) is 48.5 Å². The van der Waals surface area contributed by atoms with E-state index in [1.54, 1.807) is 0 Å². The zero-order chi connectivity index (χ0) is 14.9. The molecule has 1 aliphatic rings. The number of rotatable bonds is 2. The van der Waals surface area contributed by atoms with Gasteiger partial charge in [0, 0.05) is 6.04 Å². The van der Waals surface area contributed by atoms with E-state index in [9.17, 15) is 13.2 Å². The molecule has 0 aromatic heterocycles. The molecule has 1 heterocycles. The molecule has 1 aliphatic heterocycles. The van der Waals surface area contributed by atoms with Crippen LogP contribution >= 0.6 is 0 Å². The Morgan fingerprint density at radius 2 is 1.43 bits per heavy atom. The second-order valence-electron chi connectivity index (χ2n) is 5.35. The molecule has 4 heteroatoms. The molecule has 1 unspecified atom stereocenters. The first-order chi connectivity index (χ1) is 10.0. The van der Waals surface area contributed by atoms with Crippen LogP contribution in [-0.2, 0) is 6.18 Å². The zero-order valence-electron chi connectivity index (χ0n) is 11.5. The minimum absolute atomic E-state index is 0.409. The van der Waals surface area contributed by atoms with E-state index >= 15 is 0 Å². The van der Waals surface area contributed by atoms with Gasteiger partial charge in [-0.05, 0) is 48.2 Å². The van der Waals surface area contributed by atoms with E-state index < -0.39 is 11.7 Å². The summed E-state index contributed by atoms with van der Waals surface area (Å²) in [4.78, 5) is 0. The number of alkyl halides is 3. The van der Waals surface area contributed by atoms with Crippen molar-refractivity contribution in [1.29, 1.82) is 0 Å². The van der Waals surface area contributed by atoms with Crippen LogP contribution in [0.4, 0.5) is 13.2 Å². The van der Waals surface area contributed by atoms with Crippen molar-refractivity contribution >= 4 is 0 Å². The monoisotopic (exact) mass is 291 g/mol. The lowest BCUT2D eigenvalue weighted by molar-refractivity contribution is -0.137. The predicted octanol–water partition coefficient (Wildman–Crippen LogP) is 4.80. The van der Waals surface area contributed by atoms with Crippen LogP contribution in [-0.4, -0.2) is 6.54 Å². The molecule has 21 heavy (non-hydrogen) atoms. The van der Waals surface area contributed by atoms with E-state index in [-0.39, 0.29) is 0 Å². The maximum atomic E-state index is 12.5. The van der Waals surface area contributed by atoms with Crippen molar-refractivity contribution in [2.24, 2.45) is 0 Å². The van der Waals surface area contributed by atoms with Crippen molar-refractivity contribution in [2.45, 2.75) is 25.1 Å². The van der Waals surface area contributed by atoms with Gasteiger partial charge in [-0.3, -0.25) is 0 Å². The van der Waals surface area contributed by atoms with Crippen molar-refractivity contribution in [2.75, 3.05) is 6.54 Å². The molecule has 1 saturated heterocycles. The van der Waals surface area contributed by atoms with Gasteiger partial charge in [-0.15, -0.1) is 0 Å². The normalized spacial score (nSPS) is 18.9. The molecule has 0 aliphatic carbocycles. The van der Waals surface area contributed by atoms with E-state index in [0.29, 0.717) is 6.04 Å². The number of hydrogen-bond donors (Lipinski definition) is 1. The Morgan fingerprint density at radius 3 is 1.90 bits per heavy atom. The molecule has 1 atom stereocenters. The van der Waals surface area contributed by atoms with Gasteiger partial charge in [0.25, 0.3) is 0 Å². The van der Waals surface area contributed by atoms with Crippen molar-refractivity contribution < 1.29 is 13.2 Å². The largest absolute Gasteiger partial charge is 0.416 e. The van der Waals surface area contributed by atoms with Gasteiger partial charge in [-0.2, -0.15) is 13.2 Å². The van der Waals surface area contributed by atoms with Gasteiger partial charge in [0.1, 0.15) is 0 Å². The molecular weight excluding hydrogens is 275 g/mol. The van der Waals surface area contributed by atoms with Crippen molar-refractivity contribution in [1.82, 2.24) is 5.32 Å². The Labute approximate surface area is 121 Å². The molecule has 1 N–H and O–H groups in total. The van der Waals surface area contributed by atoms with Crippen LogP contribution in [0.2, 0.25) is 0 Å². The quantitative estimate of drug-likeness (QED) is 0.838. The number of benzene rings is 2. The molecule has 110 valence electrons. The number of nitrogens with one attached hydrogen (secondary N) is 1. The van der Waals surface area contributed by atoms with Gasteiger partial charge in [0.2, 0.25) is 0 Å². The summed E-state index contributed by atoms with van der Waals surface area (Å²) in [5.41, 5.74) is 2.36. The lowest BCUT2D eigenvalue weighted by Crippen LogP contribution is -2.12. The fourth-order valence-electron chi connectivity index (χ4n) is 2.73. The van der Waals surface area contributed by atoms with Gasteiger partial charge in [0.05, 0.1) is 5.56 Å². The SMILES string of the molecule is FC(F)(F)c1ccc(-c2ccc(C3CCCN3)cc2)cc1. The van der Waals surface area contributed by atoms with Gasteiger partial charge < -0.3 is 5.32 Å². The fraction of sp³-hybridized carbons (Fsp3) is 0.294. The molecule has 1 nitrogen and oxygen atoms in total. The van der Waals surface area contributed by atoms with Crippen LogP contribution in [0, 0.1) is 0 Å². The van der Waals surface area contributed by atoms with Gasteiger partial charge in [-0.1, -0.05) is 36.4 Å². The Balaban J connectivity index is 1.80. The van der Waals surface area contributed by atoms with E-state index in [0.717, 1.165) is 36.2 Å². The maximum Gasteiger partial charge on any atom is 0.416 e. The van der Waals surface area contributed by atoms with Crippen molar-refractivity contribution in [3.63, 3.8) is 0 Å². The van der Waals surface area contributed by atoms with Gasteiger partial charge >= 0.3 is 6.18 Å². The third kappa shape index (κ3) is 3.10. The highest BCUT2D eigenvalue weighted by atomic mass is 19.4. The average molecular weight is 291 g/mol. The smallest absolute Gasteiger partial charge is 0.310 e. The maximum absolute atomic E-state index is 12.5. The first-order valence-electron chi connectivity index (χ1n) is 7.05. The third-order valence-corrected chi connectivity index (χ3v) is 3.92. The molecule has 0 radical (unpaired) electrons. The Bertz CT molecular complexity index is 593. The number of hydrogen-bond acceptors (Lipinski definition) is 1. The third-order valence-electron chi connectivity index (χ3n) is 3.92. The van der Waals surface area contributed by atoms with Crippen LogP contribution in [0.1, 0.15) is 30.0 Å². The number of halogens is 3. The summed E-state index contributed by atoms with van der Waals surface area (Å²) >= 11 is 0. The van der Waals surface area contributed by atoms with E-state index in [2.05, 4.69) is 17.4 Å². The molecule has 1 fully saturated rings. The van der Waals surface area contributed by atoms with Crippen molar-refractivity contribution in [3.05, 3.63) is 59.7 Å². The van der Waals surface area contributed by atoms with Crippen LogP contribution < -0.4 is 5.32 Å². The summed E-state index contributed by atoms with van der Waals surface area (Å²) < 4.78 is 37.6. The predicted molar refractivity (Wildman–Crippen MR) is 76.9 cm³/mol. The summed E-state index contributed by atoms with van der Waals surface area (Å²) in [6.07, 6.45) is -1.96. The first-order valence-corrected chi connectivity index (χ1v) is 7.05. The van der Waals surface area contributed by atoms with E-state index in [1.807, 2.05) is 12.1 Å². The second kappa shape index (κ2) is 5.53. The lowest BCUT2D eigenvalue weighted by atomic mass is 9.99. The highest BCUT2D eigenvalue weighted by Gasteiger charge is 2.29. The minimum atomic E-state index is -4.28. The van der Waals surface area contributed by atoms with Gasteiger partial charge in [0.15, 0.2) is 0 Å². The Hall–Kier alpha value is -1.81. The molecule has 0 amide bonds. The topological polar surface area (TPSA) is 12.0 Å². The summed E-state index contributed by atoms with van der Waals surface area (Å²) in [5, 5.41) is 3.43. The molecule has 2 aromatic carbocycles. The molecule has 0 spiro atoms. The molecule has 2 aromatic rings. The summed E-state index contributed by atoms with van der Waals surface area (Å²) in [6, 6.07) is 13.7. The standard InChI is InChI=1S/C17H16F3N/c18-17(19,20)15-9-7-13(8-10-15)12-3-5-14(6-4-12)16-2-1-11-21-16/h3-10,16,21H,1-2,11H2. The zero-order valence-corrected chi connectivity index (χ0v) is 11.5. The molecule has 0 saturated carbocycles. The first kappa shape index (κ1) is 14.1. The van der Waals surface area contributed by atoms with Crippen molar-refractivity contribution in [3.8, 4) is 11.1 Å². The second-order valence-corrected chi connectivity index (χ2v) is 5.35. The highest BCUT2D eigenvalue weighted by Crippen LogP contribution is 2.31. The summed E-state index contributed by atoms with van der Waals surface area (Å²) in [6.45, 7) is 1.05. The molecule has 3 rings (SSSR count). The lowest BCUT2D eigenvalue weighted by Gasteiger charge is -2.12. The minimum Gasteiger partial charge on any atom is -0.310 e. The highest BCUT2D eigenvalue weighted by molar-refractivity contribution is 5.64. The fourth-order valence-corrected chi connectivity index (χ4v) is 2.73.